The van der Waals surface area contributed by atoms with Gasteiger partial charge in [0, 0.05) is 16.8 Å². The molecule has 0 saturated heterocycles. The van der Waals surface area contributed by atoms with Gasteiger partial charge in [0.2, 0.25) is 0 Å². The molecule has 5 heteroatoms. The van der Waals surface area contributed by atoms with Crippen LogP contribution >= 0.6 is 0 Å². The minimum atomic E-state index is -0.491. The van der Waals surface area contributed by atoms with Crippen LogP contribution in [-0.4, -0.2) is 9.97 Å². The fourth-order valence-corrected chi connectivity index (χ4v) is 4.87. The summed E-state index contributed by atoms with van der Waals surface area (Å²) in [6.07, 6.45) is 0. The Bertz CT molecular complexity index is 1700. The summed E-state index contributed by atoms with van der Waals surface area (Å²) in [6, 6.07) is 43.2. The molecule has 4 aromatic carbocycles. The summed E-state index contributed by atoms with van der Waals surface area (Å²) in [6.45, 7) is 4.23. The van der Waals surface area contributed by atoms with Crippen LogP contribution in [0.25, 0.3) is 44.8 Å². The molecule has 2 heterocycles. The Morgan fingerprint density at radius 2 is 0.929 bits per heavy atom. The van der Waals surface area contributed by atoms with Gasteiger partial charge in [0.25, 0.3) is 0 Å². The van der Waals surface area contributed by atoms with Crippen LogP contribution in [0, 0.1) is 23.8 Å². The molecule has 0 N–H and O–H groups in total. The molecule has 0 fully saturated rings. The molecule has 0 spiro atoms. The van der Waals surface area contributed by atoms with E-state index < -0.39 is 5.41 Å². The van der Waals surface area contributed by atoms with Gasteiger partial charge in [-0.1, -0.05) is 48.5 Å². The van der Waals surface area contributed by atoms with Gasteiger partial charge in [0.15, 0.2) is 0 Å². The summed E-state index contributed by atoms with van der Waals surface area (Å²) in [5.74, 6) is -0.520. The zero-order valence-corrected chi connectivity index (χ0v) is 25.3. The number of nitrogens with zero attached hydrogens (tertiary/aromatic N) is 2. The standard InChI is InChI=1S/C37H26F2N2.Pt/c1-37(2,35-13-5-11-33(40-35)29-9-3-7-27(23-29)25-15-19-31(38)20-16-25)36-14-6-12-34(41-36)30-10-4-8-28(24-30)26-17-21-32(39)22-18-26;/h3-8,11-24H,1-2H3;/q-2;+2. The molecule has 0 amide bonds. The van der Waals surface area contributed by atoms with Crippen molar-refractivity contribution in [3.8, 4) is 44.8 Å². The topological polar surface area (TPSA) is 25.8 Å². The maximum atomic E-state index is 13.4. The Balaban J connectivity index is 0.00000353. The van der Waals surface area contributed by atoms with Crippen LogP contribution < -0.4 is 0 Å². The molecule has 0 aliphatic heterocycles. The average Bonchev–Trinajstić information content (AvgIpc) is 3.02. The van der Waals surface area contributed by atoms with E-state index in [1.165, 1.54) is 24.3 Å². The summed E-state index contributed by atoms with van der Waals surface area (Å²) >= 11 is 0. The van der Waals surface area contributed by atoms with Crippen LogP contribution in [0.2, 0.25) is 0 Å². The van der Waals surface area contributed by atoms with Crippen molar-refractivity contribution in [1.29, 1.82) is 0 Å². The van der Waals surface area contributed by atoms with Crippen molar-refractivity contribution in [2.75, 3.05) is 0 Å². The fraction of sp³-hybridized carbons (Fsp3) is 0.0811. The third-order valence-corrected chi connectivity index (χ3v) is 7.29. The normalized spacial score (nSPS) is 11.1. The zero-order valence-electron chi connectivity index (χ0n) is 23.0. The molecule has 6 aromatic rings. The van der Waals surface area contributed by atoms with Gasteiger partial charge in [-0.2, -0.15) is 0 Å². The Morgan fingerprint density at radius 1 is 0.524 bits per heavy atom. The predicted molar refractivity (Wildman–Crippen MR) is 160 cm³/mol. The van der Waals surface area contributed by atoms with Crippen molar-refractivity contribution < 1.29 is 29.8 Å². The summed E-state index contributed by atoms with van der Waals surface area (Å²) in [4.78, 5) is 10.1. The summed E-state index contributed by atoms with van der Waals surface area (Å²) in [5.41, 5.74) is 8.39. The van der Waals surface area contributed by atoms with Crippen LogP contribution in [0.1, 0.15) is 25.2 Å². The Morgan fingerprint density at radius 3 is 1.33 bits per heavy atom. The first-order chi connectivity index (χ1) is 19.9. The molecule has 0 unspecified atom stereocenters. The molecule has 0 radical (unpaired) electrons. The Kier molecular flexibility index (Phi) is 8.56. The van der Waals surface area contributed by atoms with Crippen LogP contribution in [0.4, 0.5) is 8.78 Å². The second-order valence-corrected chi connectivity index (χ2v) is 10.4. The van der Waals surface area contributed by atoms with Crippen LogP contribution in [0.3, 0.4) is 0 Å². The van der Waals surface area contributed by atoms with E-state index in [1.54, 1.807) is 24.3 Å². The molecule has 208 valence electrons. The molecule has 2 nitrogen and oxygen atoms in total. The maximum absolute atomic E-state index is 13.4. The monoisotopic (exact) mass is 731 g/mol. The van der Waals surface area contributed by atoms with E-state index in [9.17, 15) is 8.78 Å². The molecule has 0 bridgehead atoms. The maximum Gasteiger partial charge on any atom is 2.00 e. The van der Waals surface area contributed by atoms with E-state index in [1.807, 2.05) is 72.8 Å². The van der Waals surface area contributed by atoms with Gasteiger partial charge in [-0.25, -0.2) is 8.78 Å². The van der Waals surface area contributed by atoms with E-state index in [0.29, 0.717) is 0 Å². The van der Waals surface area contributed by atoms with Crippen molar-refractivity contribution in [2.24, 2.45) is 0 Å². The molecule has 0 saturated carbocycles. The largest absolute Gasteiger partial charge is 2.00 e. The third-order valence-electron chi connectivity index (χ3n) is 7.29. The van der Waals surface area contributed by atoms with E-state index in [-0.39, 0.29) is 32.7 Å². The van der Waals surface area contributed by atoms with Gasteiger partial charge in [-0.3, -0.25) is 0 Å². The predicted octanol–water partition coefficient (Wildman–Crippen LogP) is 9.35. The number of halogens is 2. The van der Waals surface area contributed by atoms with E-state index in [0.717, 1.165) is 56.2 Å². The van der Waals surface area contributed by atoms with E-state index >= 15 is 0 Å². The minimum Gasteiger partial charge on any atom is -0.300 e. The number of rotatable bonds is 6. The number of aromatic nitrogens is 2. The molecule has 6 rings (SSSR count). The van der Waals surface area contributed by atoms with Crippen molar-refractivity contribution in [3.63, 3.8) is 0 Å². The minimum absolute atomic E-state index is 0. The third kappa shape index (κ3) is 6.15. The van der Waals surface area contributed by atoms with Gasteiger partial charge in [-0.05, 0) is 72.8 Å². The molecule has 0 aliphatic carbocycles. The SMILES string of the molecule is CC(C)(c1cccc(-c2[c-]ccc(-c3ccc(F)cc3)c2)n1)c1cccc(-c2[c-]ccc(-c3ccc(F)cc3)c2)n1.[Pt+2]. The fourth-order valence-electron chi connectivity index (χ4n) is 4.87. The van der Waals surface area contributed by atoms with Crippen molar-refractivity contribution in [2.45, 2.75) is 19.3 Å². The Hall–Kier alpha value is -4.27. The van der Waals surface area contributed by atoms with E-state index in [4.69, 9.17) is 9.97 Å². The molecular weight excluding hydrogens is 705 g/mol. The van der Waals surface area contributed by atoms with Gasteiger partial charge in [0.1, 0.15) is 11.6 Å². The van der Waals surface area contributed by atoms with Crippen LogP contribution in [0.15, 0.2) is 121 Å². The molecule has 2 aromatic heterocycles. The van der Waals surface area contributed by atoms with Crippen LogP contribution in [0.5, 0.6) is 0 Å². The Labute approximate surface area is 259 Å². The van der Waals surface area contributed by atoms with Gasteiger partial charge >= 0.3 is 21.1 Å². The molecule has 42 heavy (non-hydrogen) atoms. The summed E-state index contributed by atoms with van der Waals surface area (Å²) in [5, 5.41) is 0. The average molecular weight is 732 g/mol. The first-order valence-corrected chi connectivity index (χ1v) is 13.4. The van der Waals surface area contributed by atoms with E-state index in [2.05, 4.69) is 26.0 Å². The number of pyridine rings is 2. The zero-order chi connectivity index (χ0) is 28.4. The molecule has 0 atom stereocenters. The summed E-state index contributed by atoms with van der Waals surface area (Å²) < 4.78 is 26.9. The summed E-state index contributed by atoms with van der Waals surface area (Å²) in [7, 11) is 0. The molecule has 0 aliphatic rings. The second kappa shape index (κ2) is 12.3. The number of hydrogen-bond donors (Lipinski definition) is 0. The van der Waals surface area contributed by atoms with Gasteiger partial charge < -0.3 is 9.97 Å². The molecular formula is C37H26F2N2Pt. The van der Waals surface area contributed by atoms with Crippen LogP contribution in [-0.2, 0) is 26.5 Å². The van der Waals surface area contributed by atoms with Gasteiger partial charge in [-0.15, -0.1) is 70.8 Å². The first kappa shape index (κ1) is 29.2. The number of hydrogen-bond acceptors (Lipinski definition) is 2. The quantitative estimate of drug-likeness (QED) is 0.160. The second-order valence-electron chi connectivity index (χ2n) is 10.4. The van der Waals surface area contributed by atoms with Crippen molar-refractivity contribution >= 4 is 0 Å². The first-order valence-electron chi connectivity index (χ1n) is 13.4. The van der Waals surface area contributed by atoms with Crippen molar-refractivity contribution in [1.82, 2.24) is 9.97 Å². The smallest absolute Gasteiger partial charge is 0.300 e. The van der Waals surface area contributed by atoms with Gasteiger partial charge in [0.05, 0.1) is 0 Å². The number of benzene rings is 4. The van der Waals surface area contributed by atoms with Crippen molar-refractivity contribution in [3.05, 3.63) is 156 Å².